The van der Waals surface area contributed by atoms with Gasteiger partial charge in [-0.15, -0.1) is 11.3 Å². The number of sulfonamides is 1. The Balaban J connectivity index is 1.57. The zero-order chi connectivity index (χ0) is 21.8. The van der Waals surface area contributed by atoms with Gasteiger partial charge in [-0.05, 0) is 35.9 Å². The Morgan fingerprint density at radius 3 is 2.29 bits per heavy atom. The average molecular weight is 458 g/mol. The van der Waals surface area contributed by atoms with E-state index in [0.29, 0.717) is 29.5 Å². The Morgan fingerprint density at radius 2 is 1.65 bits per heavy atom. The minimum Gasteiger partial charge on any atom is -0.378 e. The molecule has 31 heavy (non-hydrogen) atoms. The first-order valence-electron chi connectivity index (χ1n) is 9.80. The normalized spacial score (nSPS) is 14.3. The maximum absolute atomic E-state index is 13.0. The number of nitrogens with one attached hydrogen (secondary N) is 2. The number of anilines is 3. The van der Waals surface area contributed by atoms with Crippen molar-refractivity contribution in [1.82, 2.24) is 0 Å². The van der Waals surface area contributed by atoms with Gasteiger partial charge in [0.15, 0.2) is 0 Å². The molecule has 3 aromatic rings. The lowest BCUT2D eigenvalue weighted by molar-refractivity contribution is 0.103. The Bertz CT molecular complexity index is 1150. The number of thiophene rings is 1. The SMILES string of the molecule is CS(=O)(=O)Nc1ccc(NC(=O)c2cc(-c3ccccc3)c(N3CCOCC3)s2)cc1. The molecule has 1 saturated heterocycles. The van der Waals surface area contributed by atoms with Gasteiger partial charge in [-0.1, -0.05) is 30.3 Å². The van der Waals surface area contributed by atoms with Crippen LogP contribution in [0.1, 0.15) is 9.67 Å². The molecular formula is C22H23N3O4S2. The summed E-state index contributed by atoms with van der Waals surface area (Å²) in [6, 6.07) is 18.5. The molecular weight excluding hydrogens is 434 g/mol. The van der Waals surface area contributed by atoms with Gasteiger partial charge in [-0.3, -0.25) is 9.52 Å². The highest BCUT2D eigenvalue weighted by Gasteiger charge is 2.22. The van der Waals surface area contributed by atoms with E-state index in [1.807, 2.05) is 36.4 Å². The fourth-order valence-electron chi connectivity index (χ4n) is 3.35. The maximum atomic E-state index is 13.0. The zero-order valence-electron chi connectivity index (χ0n) is 17.0. The van der Waals surface area contributed by atoms with E-state index in [4.69, 9.17) is 4.74 Å². The number of carbonyl (C=O) groups excluding carboxylic acids is 1. The van der Waals surface area contributed by atoms with Crippen LogP contribution in [0.2, 0.25) is 0 Å². The first-order chi connectivity index (χ1) is 14.9. The quantitative estimate of drug-likeness (QED) is 0.587. The zero-order valence-corrected chi connectivity index (χ0v) is 18.6. The summed E-state index contributed by atoms with van der Waals surface area (Å²) in [7, 11) is -3.34. The Labute approximate surface area is 185 Å². The summed E-state index contributed by atoms with van der Waals surface area (Å²) >= 11 is 1.47. The van der Waals surface area contributed by atoms with Crippen molar-refractivity contribution >= 4 is 43.6 Å². The molecule has 0 bridgehead atoms. The highest BCUT2D eigenvalue weighted by atomic mass is 32.2. The molecule has 0 saturated carbocycles. The van der Waals surface area contributed by atoms with Crippen molar-refractivity contribution in [3.05, 3.63) is 65.5 Å². The number of hydrogen-bond acceptors (Lipinski definition) is 6. The Kier molecular flexibility index (Phi) is 6.26. The molecule has 7 nitrogen and oxygen atoms in total. The van der Waals surface area contributed by atoms with E-state index in [2.05, 4.69) is 14.9 Å². The topological polar surface area (TPSA) is 87.7 Å². The van der Waals surface area contributed by atoms with E-state index < -0.39 is 10.0 Å². The lowest BCUT2D eigenvalue weighted by Gasteiger charge is -2.28. The van der Waals surface area contributed by atoms with Gasteiger partial charge in [-0.2, -0.15) is 0 Å². The Hall–Kier alpha value is -2.88. The standard InChI is InChI=1S/C22H23N3O4S2/c1-31(27,28)24-18-9-7-17(8-10-18)23-21(26)20-15-19(16-5-3-2-4-6-16)22(30-20)25-11-13-29-14-12-25/h2-10,15,24H,11-14H2,1H3,(H,23,26). The van der Waals surface area contributed by atoms with Gasteiger partial charge in [-0.25, -0.2) is 8.42 Å². The van der Waals surface area contributed by atoms with Crippen molar-refractivity contribution in [1.29, 1.82) is 0 Å². The van der Waals surface area contributed by atoms with Crippen molar-refractivity contribution in [3.8, 4) is 11.1 Å². The van der Waals surface area contributed by atoms with Gasteiger partial charge in [0.25, 0.3) is 5.91 Å². The highest BCUT2D eigenvalue weighted by molar-refractivity contribution is 7.92. The van der Waals surface area contributed by atoms with Gasteiger partial charge in [0.2, 0.25) is 10.0 Å². The largest absolute Gasteiger partial charge is 0.378 e. The van der Waals surface area contributed by atoms with Gasteiger partial charge >= 0.3 is 0 Å². The first-order valence-corrected chi connectivity index (χ1v) is 12.5. The second kappa shape index (κ2) is 9.09. The highest BCUT2D eigenvalue weighted by Crippen LogP contribution is 2.39. The average Bonchev–Trinajstić information content (AvgIpc) is 3.21. The van der Waals surface area contributed by atoms with Crippen molar-refractivity contribution in [2.75, 3.05) is 47.5 Å². The van der Waals surface area contributed by atoms with Crippen LogP contribution in [-0.2, 0) is 14.8 Å². The minimum absolute atomic E-state index is 0.203. The van der Waals surface area contributed by atoms with Crippen molar-refractivity contribution in [2.45, 2.75) is 0 Å². The first kappa shape index (κ1) is 21.4. The lowest BCUT2D eigenvalue weighted by atomic mass is 10.1. The third kappa shape index (κ3) is 5.43. The van der Waals surface area contributed by atoms with Crippen LogP contribution in [0.4, 0.5) is 16.4 Å². The molecule has 2 aromatic carbocycles. The van der Waals surface area contributed by atoms with Gasteiger partial charge < -0.3 is 15.0 Å². The number of rotatable bonds is 6. The van der Waals surface area contributed by atoms with E-state index in [9.17, 15) is 13.2 Å². The van der Waals surface area contributed by atoms with Crippen LogP contribution >= 0.6 is 11.3 Å². The Morgan fingerprint density at radius 1 is 1.00 bits per heavy atom. The number of amides is 1. The summed E-state index contributed by atoms with van der Waals surface area (Å²) in [5, 5.41) is 3.96. The second-order valence-corrected chi connectivity index (χ2v) is 9.98. The van der Waals surface area contributed by atoms with E-state index in [-0.39, 0.29) is 5.91 Å². The molecule has 0 spiro atoms. The van der Waals surface area contributed by atoms with Crippen LogP contribution in [0.25, 0.3) is 11.1 Å². The molecule has 1 aromatic heterocycles. The summed E-state index contributed by atoms with van der Waals surface area (Å²) in [6.07, 6.45) is 1.09. The number of morpholine rings is 1. The van der Waals surface area contributed by atoms with Crippen LogP contribution < -0.4 is 14.9 Å². The fraction of sp³-hybridized carbons (Fsp3) is 0.227. The summed E-state index contributed by atoms with van der Waals surface area (Å²) < 4.78 is 30.6. The number of benzene rings is 2. The molecule has 1 aliphatic rings. The number of nitrogens with zero attached hydrogens (tertiary/aromatic N) is 1. The van der Waals surface area contributed by atoms with Gasteiger partial charge in [0.05, 0.1) is 29.3 Å². The van der Waals surface area contributed by atoms with Crippen LogP contribution in [-0.4, -0.2) is 46.9 Å². The van der Waals surface area contributed by atoms with Gasteiger partial charge in [0, 0.05) is 30.0 Å². The summed E-state index contributed by atoms with van der Waals surface area (Å²) in [4.78, 5) is 15.8. The summed E-state index contributed by atoms with van der Waals surface area (Å²) in [6.45, 7) is 2.91. The maximum Gasteiger partial charge on any atom is 0.265 e. The number of hydrogen-bond donors (Lipinski definition) is 2. The molecule has 4 rings (SSSR count). The predicted molar refractivity (Wildman–Crippen MR) is 126 cm³/mol. The molecule has 0 atom stereocenters. The van der Waals surface area contributed by atoms with Crippen LogP contribution in [0.15, 0.2) is 60.7 Å². The van der Waals surface area contributed by atoms with E-state index in [1.54, 1.807) is 24.3 Å². The molecule has 2 N–H and O–H groups in total. The molecule has 0 aliphatic carbocycles. The van der Waals surface area contributed by atoms with E-state index >= 15 is 0 Å². The smallest absolute Gasteiger partial charge is 0.265 e. The van der Waals surface area contributed by atoms with Crippen molar-refractivity contribution < 1.29 is 17.9 Å². The molecule has 2 heterocycles. The number of carbonyl (C=O) groups is 1. The predicted octanol–water partition coefficient (Wildman–Crippen LogP) is 3.88. The van der Waals surface area contributed by atoms with E-state index in [1.165, 1.54) is 11.3 Å². The van der Waals surface area contributed by atoms with Crippen LogP contribution in [0.5, 0.6) is 0 Å². The van der Waals surface area contributed by atoms with Crippen LogP contribution in [0.3, 0.4) is 0 Å². The molecule has 9 heteroatoms. The molecule has 162 valence electrons. The molecule has 0 radical (unpaired) electrons. The van der Waals surface area contributed by atoms with E-state index in [0.717, 1.165) is 35.5 Å². The fourth-order valence-corrected chi connectivity index (χ4v) is 5.04. The summed E-state index contributed by atoms with van der Waals surface area (Å²) in [5.74, 6) is -0.203. The van der Waals surface area contributed by atoms with Crippen molar-refractivity contribution in [2.24, 2.45) is 0 Å². The molecule has 1 fully saturated rings. The molecule has 1 amide bonds. The third-order valence-corrected chi connectivity index (χ3v) is 6.57. The summed E-state index contributed by atoms with van der Waals surface area (Å²) in [5.41, 5.74) is 3.13. The number of ether oxygens (including phenoxy) is 1. The molecule has 1 aliphatic heterocycles. The minimum atomic E-state index is -3.34. The molecule has 0 unspecified atom stereocenters. The monoisotopic (exact) mass is 457 g/mol. The van der Waals surface area contributed by atoms with Gasteiger partial charge in [0.1, 0.15) is 0 Å². The lowest BCUT2D eigenvalue weighted by Crippen LogP contribution is -2.35. The third-order valence-electron chi connectivity index (χ3n) is 4.77. The van der Waals surface area contributed by atoms with Crippen molar-refractivity contribution in [3.63, 3.8) is 0 Å². The second-order valence-electron chi connectivity index (χ2n) is 7.20. The van der Waals surface area contributed by atoms with Crippen LogP contribution in [0, 0.1) is 0 Å².